The molecule has 0 atom stereocenters. The van der Waals surface area contributed by atoms with Gasteiger partial charge in [0.15, 0.2) is 17.5 Å². The molecule has 1 aliphatic heterocycles. The Kier molecular flexibility index (Phi) is 6.49. The Balaban J connectivity index is 1.33. The first-order valence-corrected chi connectivity index (χ1v) is 19.5. The minimum absolute atomic E-state index is 0.452. The average Bonchev–Trinajstić information content (AvgIpc) is 3.60. The highest BCUT2D eigenvalue weighted by Gasteiger charge is 2.55. The first kappa shape index (κ1) is 28.5. The Labute approximate surface area is 282 Å². The van der Waals surface area contributed by atoms with Gasteiger partial charge in [0, 0.05) is 16.7 Å². The van der Waals surface area contributed by atoms with Crippen LogP contribution in [0.5, 0.6) is 0 Å². The zero-order valence-electron chi connectivity index (χ0n) is 26.9. The first-order valence-electron chi connectivity index (χ1n) is 16.5. The minimum atomic E-state index is -2.12. The number of hydrogen-bond acceptors (Lipinski definition) is 3. The van der Waals surface area contributed by atoms with Crippen LogP contribution in [0.1, 0.15) is 27.8 Å². The SMILES string of the molecule is C[Si]1(C)C2=C(c3cc(-c4nc(-c5ccccc5)nc(-c5ccccc5)n4)ccc31)C(c1ccccc1)(c1ccccc1)c1ccccc12. The zero-order chi connectivity index (χ0) is 32.3. The van der Waals surface area contributed by atoms with Gasteiger partial charge in [0.25, 0.3) is 0 Å². The molecule has 0 N–H and O–H groups in total. The third-order valence-corrected chi connectivity index (χ3v) is 13.7. The van der Waals surface area contributed by atoms with E-state index in [1.54, 1.807) is 0 Å². The predicted molar refractivity (Wildman–Crippen MR) is 199 cm³/mol. The smallest absolute Gasteiger partial charge is 0.164 e. The van der Waals surface area contributed by atoms with Crippen molar-refractivity contribution in [2.24, 2.45) is 0 Å². The molecule has 1 aliphatic carbocycles. The standard InChI is InChI=1S/C44H33N3Si/c1-48(2)38-28-27-32(43-46-41(30-17-7-3-8-18-30)45-42(47-43)31-19-9-4-10-20-31)29-36(38)39-40(48)35-25-15-16-26-37(35)44(39,33-21-11-5-12-22-33)34-23-13-6-14-24-34/h3-29H,1-2H3. The molecule has 0 spiro atoms. The number of benzene rings is 6. The van der Waals surface area contributed by atoms with E-state index in [2.05, 4.69) is 140 Å². The molecule has 0 radical (unpaired) electrons. The van der Waals surface area contributed by atoms with Crippen LogP contribution in [0.4, 0.5) is 0 Å². The van der Waals surface area contributed by atoms with Gasteiger partial charge in [0.2, 0.25) is 0 Å². The normalized spacial score (nSPS) is 15.1. The Morgan fingerprint density at radius 3 is 1.44 bits per heavy atom. The van der Waals surface area contributed by atoms with Crippen molar-refractivity contribution in [3.05, 3.63) is 192 Å². The lowest BCUT2D eigenvalue weighted by Crippen LogP contribution is -2.41. The van der Waals surface area contributed by atoms with E-state index in [0.717, 1.165) is 16.7 Å². The minimum Gasteiger partial charge on any atom is -0.208 e. The molecule has 0 bridgehead atoms. The summed E-state index contributed by atoms with van der Waals surface area (Å²) in [5.41, 5.74) is 10.5. The topological polar surface area (TPSA) is 38.7 Å². The summed E-state index contributed by atoms with van der Waals surface area (Å²) < 4.78 is 0. The lowest BCUT2D eigenvalue weighted by atomic mass is 9.65. The summed E-state index contributed by atoms with van der Waals surface area (Å²) in [6, 6.07) is 58.7. The number of allylic oxidation sites excluding steroid dienone is 1. The van der Waals surface area contributed by atoms with Crippen LogP contribution in [0.2, 0.25) is 13.1 Å². The summed E-state index contributed by atoms with van der Waals surface area (Å²) in [4.78, 5) is 15.2. The van der Waals surface area contributed by atoms with Crippen LogP contribution in [-0.2, 0) is 5.41 Å². The van der Waals surface area contributed by atoms with Crippen molar-refractivity contribution in [2.75, 3.05) is 0 Å². The van der Waals surface area contributed by atoms with Crippen molar-refractivity contribution >= 4 is 24.0 Å². The average molecular weight is 632 g/mol. The largest absolute Gasteiger partial charge is 0.208 e. The van der Waals surface area contributed by atoms with Gasteiger partial charge in [-0.2, -0.15) is 0 Å². The second kappa shape index (κ2) is 10.9. The molecule has 4 heteroatoms. The Bertz CT molecular complexity index is 2250. The van der Waals surface area contributed by atoms with Gasteiger partial charge >= 0.3 is 0 Å². The van der Waals surface area contributed by atoms with Gasteiger partial charge < -0.3 is 0 Å². The van der Waals surface area contributed by atoms with E-state index < -0.39 is 13.5 Å². The maximum absolute atomic E-state index is 5.11. The predicted octanol–water partition coefficient (Wildman–Crippen LogP) is 9.60. The van der Waals surface area contributed by atoms with E-state index in [-0.39, 0.29) is 0 Å². The summed E-state index contributed by atoms with van der Waals surface area (Å²) in [5, 5.41) is 2.99. The quantitative estimate of drug-likeness (QED) is 0.178. The summed E-state index contributed by atoms with van der Waals surface area (Å²) in [7, 11) is -2.12. The van der Waals surface area contributed by atoms with Gasteiger partial charge in [-0.05, 0) is 49.8 Å². The fourth-order valence-electron chi connectivity index (χ4n) is 8.12. The van der Waals surface area contributed by atoms with E-state index in [1.807, 2.05) is 36.4 Å². The molecule has 0 saturated carbocycles. The lowest BCUT2D eigenvalue weighted by Gasteiger charge is -2.36. The van der Waals surface area contributed by atoms with Crippen molar-refractivity contribution in [3.8, 4) is 34.2 Å². The zero-order valence-corrected chi connectivity index (χ0v) is 27.9. The molecule has 228 valence electrons. The van der Waals surface area contributed by atoms with E-state index in [9.17, 15) is 0 Å². The Morgan fingerprint density at radius 1 is 0.438 bits per heavy atom. The maximum Gasteiger partial charge on any atom is 0.164 e. The van der Waals surface area contributed by atoms with Crippen LogP contribution in [-0.4, -0.2) is 23.0 Å². The van der Waals surface area contributed by atoms with Gasteiger partial charge in [-0.25, -0.2) is 15.0 Å². The van der Waals surface area contributed by atoms with Crippen LogP contribution in [0.15, 0.2) is 164 Å². The van der Waals surface area contributed by atoms with Gasteiger partial charge in [-0.15, -0.1) is 0 Å². The van der Waals surface area contributed by atoms with Crippen molar-refractivity contribution in [1.29, 1.82) is 0 Å². The number of aromatic nitrogens is 3. The van der Waals surface area contributed by atoms with Crippen molar-refractivity contribution in [2.45, 2.75) is 18.5 Å². The molecule has 2 aliphatic rings. The second-order valence-corrected chi connectivity index (χ2v) is 17.5. The van der Waals surface area contributed by atoms with Crippen LogP contribution in [0.25, 0.3) is 44.9 Å². The fourth-order valence-corrected chi connectivity index (χ4v) is 11.6. The molecule has 2 heterocycles. The van der Waals surface area contributed by atoms with E-state index in [1.165, 1.54) is 43.8 Å². The molecule has 9 rings (SSSR count). The van der Waals surface area contributed by atoms with E-state index in [0.29, 0.717) is 17.5 Å². The van der Waals surface area contributed by atoms with Crippen molar-refractivity contribution in [1.82, 2.24) is 15.0 Å². The van der Waals surface area contributed by atoms with Gasteiger partial charge in [0.05, 0.1) is 5.41 Å². The molecule has 48 heavy (non-hydrogen) atoms. The Hall–Kier alpha value is -5.71. The third-order valence-electron chi connectivity index (χ3n) is 10.2. The highest BCUT2D eigenvalue weighted by molar-refractivity contribution is 7.08. The van der Waals surface area contributed by atoms with E-state index in [4.69, 9.17) is 15.0 Å². The summed E-state index contributed by atoms with van der Waals surface area (Å²) >= 11 is 0. The molecule has 0 saturated heterocycles. The highest BCUT2D eigenvalue weighted by atomic mass is 28.3. The van der Waals surface area contributed by atoms with Gasteiger partial charge in [-0.3, -0.25) is 0 Å². The highest BCUT2D eigenvalue weighted by Crippen LogP contribution is 2.62. The molecule has 1 aromatic heterocycles. The van der Waals surface area contributed by atoms with Crippen LogP contribution in [0.3, 0.4) is 0 Å². The lowest BCUT2D eigenvalue weighted by molar-refractivity contribution is 0.815. The summed E-state index contributed by atoms with van der Waals surface area (Å²) in [5.74, 6) is 2.02. The molecule has 3 nitrogen and oxygen atoms in total. The molecular weight excluding hydrogens is 599 g/mol. The van der Waals surface area contributed by atoms with Gasteiger partial charge in [-0.1, -0.05) is 171 Å². The fraction of sp³-hybridized carbons (Fsp3) is 0.0682. The monoisotopic (exact) mass is 631 g/mol. The van der Waals surface area contributed by atoms with Crippen molar-refractivity contribution in [3.63, 3.8) is 0 Å². The Morgan fingerprint density at radius 2 is 0.896 bits per heavy atom. The molecule has 7 aromatic rings. The van der Waals surface area contributed by atoms with Crippen LogP contribution in [0, 0.1) is 0 Å². The van der Waals surface area contributed by atoms with Crippen molar-refractivity contribution < 1.29 is 0 Å². The van der Waals surface area contributed by atoms with Crippen LogP contribution < -0.4 is 5.19 Å². The summed E-state index contributed by atoms with van der Waals surface area (Å²) in [6.45, 7) is 5.03. The molecule has 6 aromatic carbocycles. The number of hydrogen-bond donors (Lipinski definition) is 0. The number of rotatable bonds is 5. The van der Waals surface area contributed by atoms with Crippen LogP contribution >= 0.6 is 0 Å². The molecule has 0 amide bonds. The van der Waals surface area contributed by atoms with Gasteiger partial charge in [0.1, 0.15) is 8.07 Å². The third kappa shape index (κ3) is 4.16. The molecule has 0 unspecified atom stereocenters. The van der Waals surface area contributed by atoms with E-state index >= 15 is 0 Å². The maximum atomic E-state index is 5.11. The first-order chi connectivity index (χ1) is 23.6. The second-order valence-electron chi connectivity index (χ2n) is 13.2. The molecular formula is C44H33N3Si. The number of fused-ring (bicyclic) bond motifs is 4. The summed E-state index contributed by atoms with van der Waals surface area (Å²) in [6.07, 6.45) is 0. The number of nitrogens with zero attached hydrogens (tertiary/aromatic N) is 3. The molecule has 0 fully saturated rings.